The van der Waals surface area contributed by atoms with E-state index in [1.807, 2.05) is 6.20 Å². The van der Waals surface area contributed by atoms with Gasteiger partial charge in [0.1, 0.15) is 0 Å². The standard InChI is InChI=1S/C14H21N/c1-14(2,3)13-12(9-6-10-15-13)11-7-4-5-8-11/h6,9-11H,4-5,7-8H2,1-3H3. The fourth-order valence-electron chi connectivity index (χ4n) is 2.61. The summed E-state index contributed by atoms with van der Waals surface area (Å²) < 4.78 is 0. The summed E-state index contributed by atoms with van der Waals surface area (Å²) >= 11 is 0. The molecule has 1 saturated carbocycles. The van der Waals surface area contributed by atoms with E-state index >= 15 is 0 Å². The average molecular weight is 203 g/mol. The predicted octanol–water partition coefficient (Wildman–Crippen LogP) is 4.04. The van der Waals surface area contributed by atoms with Crippen LogP contribution in [-0.2, 0) is 5.41 Å². The van der Waals surface area contributed by atoms with Gasteiger partial charge in [0.25, 0.3) is 0 Å². The van der Waals surface area contributed by atoms with E-state index in [2.05, 4.69) is 37.9 Å². The van der Waals surface area contributed by atoms with Gasteiger partial charge in [0, 0.05) is 17.3 Å². The molecule has 0 spiro atoms. The molecule has 1 aliphatic carbocycles. The van der Waals surface area contributed by atoms with Gasteiger partial charge < -0.3 is 0 Å². The van der Waals surface area contributed by atoms with Crippen molar-refractivity contribution in [1.29, 1.82) is 0 Å². The molecule has 2 rings (SSSR count). The lowest BCUT2D eigenvalue weighted by atomic mass is 9.83. The highest BCUT2D eigenvalue weighted by Gasteiger charge is 2.25. The smallest absolute Gasteiger partial charge is 0.0491 e. The maximum atomic E-state index is 4.59. The summed E-state index contributed by atoms with van der Waals surface area (Å²) in [6, 6.07) is 4.37. The van der Waals surface area contributed by atoms with Crippen molar-refractivity contribution in [2.45, 2.75) is 57.8 Å². The molecule has 1 aromatic rings. The zero-order chi connectivity index (χ0) is 10.9. The summed E-state index contributed by atoms with van der Waals surface area (Å²) in [6.07, 6.45) is 7.43. The van der Waals surface area contributed by atoms with E-state index in [9.17, 15) is 0 Å². The molecule has 1 heterocycles. The van der Waals surface area contributed by atoms with Gasteiger partial charge >= 0.3 is 0 Å². The molecular formula is C14H21N. The first-order valence-corrected chi connectivity index (χ1v) is 6.04. The Balaban J connectivity index is 2.37. The minimum absolute atomic E-state index is 0.180. The van der Waals surface area contributed by atoms with Crippen LogP contribution in [0.1, 0.15) is 63.6 Å². The van der Waals surface area contributed by atoms with E-state index < -0.39 is 0 Å². The quantitative estimate of drug-likeness (QED) is 0.671. The molecule has 15 heavy (non-hydrogen) atoms. The Morgan fingerprint density at radius 1 is 1.20 bits per heavy atom. The Bertz CT molecular complexity index is 329. The lowest BCUT2D eigenvalue weighted by Gasteiger charge is -2.24. The fourth-order valence-corrected chi connectivity index (χ4v) is 2.61. The molecule has 1 heteroatoms. The van der Waals surface area contributed by atoms with Crippen molar-refractivity contribution < 1.29 is 0 Å². The summed E-state index contributed by atoms with van der Waals surface area (Å²) in [7, 11) is 0. The summed E-state index contributed by atoms with van der Waals surface area (Å²) in [5.41, 5.74) is 2.98. The van der Waals surface area contributed by atoms with Crippen LogP contribution in [0, 0.1) is 0 Å². The van der Waals surface area contributed by atoms with Gasteiger partial charge in [-0.1, -0.05) is 39.7 Å². The van der Waals surface area contributed by atoms with Crippen LogP contribution in [0.4, 0.5) is 0 Å². The van der Waals surface area contributed by atoms with Crippen LogP contribution in [0.5, 0.6) is 0 Å². The average Bonchev–Trinajstić information content (AvgIpc) is 2.69. The number of pyridine rings is 1. The SMILES string of the molecule is CC(C)(C)c1ncccc1C1CCCC1. The molecule has 0 amide bonds. The molecule has 0 bridgehead atoms. The molecule has 1 fully saturated rings. The number of rotatable bonds is 1. The third-order valence-corrected chi connectivity index (χ3v) is 3.34. The van der Waals surface area contributed by atoms with Crippen LogP contribution in [0.25, 0.3) is 0 Å². The number of nitrogens with zero attached hydrogens (tertiary/aromatic N) is 1. The topological polar surface area (TPSA) is 12.9 Å². The van der Waals surface area contributed by atoms with Crippen LogP contribution >= 0.6 is 0 Å². The second-order valence-corrected chi connectivity index (χ2v) is 5.67. The van der Waals surface area contributed by atoms with Crippen molar-refractivity contribution >= 4 is 0 Å². The van der Waals surface area contributed by atoms with Crippen molar-refractivity contribution in [3.8, 4) is 0 Å². The highest BCUT2D eigenvalue weighted by molar-refractivity contribution is 5.29. The summed E-state index contributed by atoms with van der Waals surface area (Å²) in [5, 5.41) is 0. The second-order valence-electron chi connectivity index (χ2n) is 5.67. The zero-order valence-corrected chi connectivity index (χ0v) is 10.1. The summed E-state index contributed by atoms with van der Waals surface area (Å²) in [4.78, 5) is 4.59. The van der Waals surface area contributed by atoms with Crippen LogP contribution in [0.2, 0.25) is 0 Å². The van der Waals surface area contributed by atoms with E-state index in [-0.39, 0.29) is 5.41 Å². The molecule has 0 atom stereocenters. The normalized spacial score (nSPS) is 18.3. The third-order valence-electron chi connectivity index (χ3n) is 3.34. The summed E-state index contributed by atoms with van der Waals surface area (Å²) in [6.45, 7) is 6.77. The largest absolute Gasteiger partial charge is 0.260 e. The van der Waals surface area contributed by atoms with E-state index in [1.165, 1.54) is 36.9 Å². The molecule has 0 aliphatic heterocycles. The Morgan fingerprint density at radius 3 is 2.47 bits per heavy atom. The third kappa shape index (κ3) is 2.22. The van der Waals surface area contributed by atoms with Crippen LogP contribution < -0.4 is 0 Å². The van der Waals surface area contributed by atoms with Crippen LogP contribution in [0.3, 0.4) is 0 Å². The minimum Gasteiger partial charge on any atom is -0.260 e. The highest BCUT2D eigenvalue weighted by Crippen LogP contribution is 2.38. The number of hydrogen-bond donors (Lipinski definition) is 0. The van der Waals surface area contributed by atoms with Gasteiger partial charge in [-0.2, -0.15) is 0 Å². The van der Waals surface area contributed by atoms with Gasteiger partial charge in [-0.15, -0.1) is 0 Å². The fraction of sp³-hybridized carbons (Fsp3) is 0.643. The predicted molar refractivity (Wildman–Crippen MR) is 64.1 cm³/mol. The molecule has 1 aliphatic rings. The van der Waals surface area contributed by atoms with Crippen molar-refractivity contribution in [3.05, 3.63) is 29.6 Å². The van der Waals surface area contributed by atoms with Gasteiger partial charge in [-0.05, 0) is 30.4 Å². The maximum absolute atomic E-state index is 4.59. The maximum Gasteiger partial charge on any atom is 0.0491 e. The van der Waals surface area contributed by atoms with Gasteiger partial charge in [0.15, 0.2) is 0 Å². The Labute approximate surface area is 92.9 Å². The lowest BCUT2D eigenvalue weighted by Crippen LogP contribution is -2.17. The molecule has 0 radical (unpaired) electrons. The van der Waals surface area contributed by atoms with Crippen molar-refractivity contribution in [3.63, 3.8) is 0 Å². The van der Waals surface area contributed by atoms with Gasteiger partial charge in [-0.25, -0.2) is 0 Å². The highest BCUT2D eigenvalue weighted by atomic mass is 14.7. The first-order valence-electron chi connectivity index (χ1n) is 6.04. The van der Waals surface area contributed by atoms with E-state index in [0.717, 1.165) is 5.92 Å². The molecule has 0 N–H and O–H groups in total. The number of hydrogen-bond acceptors (Lipinski definition) is 1. The molecule has 1 nitrogen and oxygen atoms in total. The summed E-state index contributed by atoms with van der Waals surface area (Å²) in [5.74, 6) is 0.771. The first-order chi connectivity index (χ1) is 7.09. The molecule has 0 saturated heterocycles. The zero-order valence-electron chi connectivity index (χ0n) is 10.1. The Kier molecular flexibility index (Phi) is 2.81. The van der Waals surface area contributed by atoms with E-state index in [4.69, 9.17) is 0 Å². The Morgan fingerprint density at radius 2 is 1.87 bits per heavy atom. The van der Waals surface area contributed by atoms with Crippen LogP contribution in [0.15, 0.2) is 18.3 Å². The minimum atomic E-state index is 0.180. The molecule has 0 unspecified atom stereocenters. The first kappa shape index (κ1) is 10.7. The van der Waals surface area contributed by atoms with Gasteiger partial charge in [0.2, 0.25) is 0 Å². The van der Waals surface area contributed by atoms with Crippen molar-refractivity contribution in [2.24, 2.45) is 0 Å². The van der Waals surface area contributed by atoms with Gasteiger partial charge in [0.05, 0.1) is 0 Å². The monoisotopic (exact) mass is 203 g/mol. The molecule has 1 aromatic heterocycles. The lowest BCUT2D eigenvalue weighted by molar-refractivity contribution is 0.547. The van der Waals surface area contributed by atoms with Crippen molar-refractivity contribution in [2.75, 3.05) is 0 Å². The van der Waals surface area contributed by atoms with E-state index in [1.54, 1.807) is 0 Å². The van der Waals surface area contributed by atoms with Gasteiger partial charge in [-0.3, -0.25) is 4.98 Å². The van der Waals surface area contributed by atoms with E-state index in [0.29, 0.717) is 0 Å². The molecular weight excluding hydrogens is 182 g/mol. The Hall–Kier alpha value is -0.850. The van der Waals surface area contributed by atoms with Crippen LogP contribution in [-0.4, -0.2) is 4.98 Å². The van der Waals surface area contributed by atoms with Crippen molar-refractivity contribution in [1.82, 2.24) is 4.98 Å². The molecule has 0 aromatic carbocycles. The molecule has 82 valence electrons. The second kappa shape index (κ2) is 3.96. The number of aromatic nitrogens is 1.